The van der Waals surface area contributed by atoms with Gasteiger partial charge in [-0.2, -0.15) is 0 Å². The second-order valence-corrected chi connectivity index (χ2v) is 8.84. The zero-order valence-corrected chi connectivity index (χ0v) is 18.3. The van der Waals surface area contributed by atoms with Crippen molar-refractivity contribution in [3.05, 3.63) is 29.8 Å². The lowest BCUT2D eigenvalue weighted by Crippen LogP contribution is -2.70. The number of ether oxygens (including phenoxy) is 1. The molecule has 1 aromatic rings. The van der Waals surface area contributed by atoms with E-state index in [1.165, 1.54) is 9.80 Å². The fourth-order valence-electron chi connectivity index (χ4n) is 5.17. The zero-order valence-electron chi connectivity index (χ0n) is 18.3. The molecule has 0 unspecified atom stereocenters. The molecule has 8 heteroatoms. The summed E-state index contributed by atoms with van der Waals surface area (Å²) in [6.07, 6.45) is 3.20. The van der Waals surface area contributed by atoms with Crippen molar-refractivity contribution in [2.45, 2.75) is 70.6 Å². The number of carbonyl (C=O) groups excluding carboxylic acids is 4. The molecule has 3 amide bonds. The summed E-state index contributed by atoms with van der Waals surface area (Å²) in [4.78, 5) is 57.0. The van der Waals surface area contributed by atoms with E-state index in [2.05, 4.69) is 0 Å². The number of hydrogen-bond acceptors (Lipinski definition) is 5. The molecule has 0 bridgehead atoms. The van der Waals surface area contributed by atoms with Gasteiger partial charge >= 0.3 is 5.97 Å². The Bertz CT molecular complexity index is 930. The Hall–Kier alpha value is -2.90. The van der Waals surface area contributed by atoms with Crippen molar-refractivity contribution in [3.8, 4) is 0 Å². The molecule has 1 aromatic carbocycles. The molecular formula is C23H29N3O5. The number of amides is 3. The molecule has 0 aliphatic carbocycles. The highest BCUT2D eigenvalue weighted by Gasteiger charge is 2.62. The number of hydrogen-bond donors (Lipinski definition) is 0. The highest BCUT2D eigenvalue weighted by molar-refractivity contribution is 6.15. The molecule has 3 aliphatic heterocycles. The van der Waals surface area contributed by atoms with Crippen LogP contribution in [0.3, 0.4) is 0 Å². The summed E-state index contributed by atoms with van der Waals surface area (Å²) < 4.78 is 5.52. The van der Waals surface area contributed by atoms with E-state index in [1.54, 1.807) is 29.2 Å². The summed E-state index contributed by atoms with van der Waals surface area (Å²) >= 11 is 0. The van der Waals surface area contributed by atoms with Gasteiger partial charge in [0.2, 0.25) is 11.6 Å². The van der Waals surface area contributed by atoms with Crippen molar-refractivity contribution in [2.75, 3.05) is 18.1 Å². The normalized spacial score (nSPS) is 25.5. The number of fused-ring (bicyclic) bond motifs is 3. The van der Waals surface area contributed by atoms with Crippen molar-refractivity contribution >= 4 is 29.4 Å². The van der Waals surface area contributed by atoms with Gasteiger partial charge in [0.25, 0.3) is 11.8 Å². The van der Waals surface area contributed by atoms with Gasteiger partial charge in [0, 0.05) is 31.5 Å². The van der Waals surface area contributed by atoms with E-state index in [4.69, 9.17) is 4.74 Å². The number of piperidine rings is 1. The van der Waals surface area contributed by atoms with E-state index in [0.29, 0.717) is 17.8 Å². The summed E-state index contributed by atoms with van der Waals surface area (Å²) in [6, 6.07) is 6.57. The van der Waals surface area contributed by atoms with Gasteiger partial charge in [-0.1, -0.05) is 12.1 Å². The lowest BCUT2D eigenvalue weighted by molar-refractivity contribution is -0.163. The summed E-state index contributed by atoms with van der Waals surface area (Å²) in [5.74, 6) is -1.53. The van der Waals surface area contributed by atoms with Crippen LogP contribution < -0.4 is 4.90 Å². The maximum Gasteiger partial charge on any atom is 0.354 e. The number of nitrogens with zero attached hydrogens (tertiary/aromatic N) is 3. The van der Waals surface area contributed by atoms with Crippen LogP contribution in [0.1, 0.15) is 63.2 Å². The SMILES string of the molecule is CC(C)N1C(=O)c2ccccc2N2C(=O)CC[C@@]21C(=O)OCC(=O)N1CCCC[C@H]1C. The predicted octanol–water partition coefficient (Wildman–Crippen LogP) is 2.32. The minimum absolute atomic E-state index is 0.109. The maximum atomic E-state index is 13.5. The monoisotopic (exact) mass is 427 g/mol. The molecule has 4 rings (SSSR count). The van der Waals surface area contributed by atoms with Crippen LogP contribution in [0.5, 0.6) is 0 Å². The van der Waals surface area contributed by atoms with Gasteiger partial charge in [-0.3, -0.25) is 19.3 Å². The Labute approximate surface area is 182 Å². The van der Waals surface area contributed by atoms with Gasteiger partial charge in [-0.15, -0.1) is 0 Å². The van der Waals surface area contributed by atoms with E-state index >= 15 is 0 Å². The van der Waals surface area contributed by atoms with E-state index < -0.39 is 18.2 Å². The van der Waals surface area contributed by atoms with Gasteiger partial charge in [0.1, 0.15) is 0 Å². The van der Waals surface area contributed by atoms with E-state index in [-0.39, 0.29) is 42.6 Å². The molecule has 166 valence electrons. The molecule has 3 heterocycles. The Balaban J connectivity index is 1.65. The Morgan fingerprint density at radius 1 is 1.19 bits per heavy atom. The van der Waals surface area contributed by atoms with Crippen LogP contribution in [0.15, 0.2) is 24.3 Å². The molecule has 8 nitrogen and oxygen atoms in total. The van der Waals surface area contributed by atoms with E-state index in [1.807, 2.05) is 20.8 Å². The molecule has 0 radical (unpaired) electrons. The quantitative estimate of drug-likeness (QED) is 0.689. The van der Waals surface area contributed by atoms with E-state index in [0.717, 1.165) is 19.3 Å². The lowest BCUT2D eigenvalue weighted by Gasteiger charge is -2.50. The fraction of sp³-hybridized carbons (Fsp3) is 0.565. The smallest absolute Gasteiger partial charge is 0.354 e. The molecule has 0 aromatic heterocycles. The van der Waals surface area contributed by atoms with Crippen LogP contribution in [-0.2, 0) is 19.1 Å². The van der Waals surface area contributed by atoms with Gasteiger partial charge in [-0.25, -0.2) is 4.79 Å². The second kappa shape index (κ2) is 7.98. The first-order valence-corrected chi connectivity index (χ1v) is 11.0. The summed E-state index contributed by atoms with van der Waals surface area (Å²) in [6.45, 7) is 5.86. The molecule has 0 N–H and O–H groups in total. The third-order valence-electron chi connectivity index (χ3n) is 6.59. The van der Waals surface area contributed by atoms with Crippen molar-refractivity contribution in [2.24, 2.45) is 0 Å². The zero-order chi connectivity index (χ0) is 22.3. The first-order chi connectivity index (χ1) is 14.8. The van der Waals surface area contributed by atoms with Crippen LogP contribution >= 0.6 is 0 Å². The average Bonchev–Trinajstić information content (AvgIpc) is 3.10. The van der Waals surface area contributed by atoms with Crippen LogP contribution in [0, 0.1) is 0 Å². The number of likely N-dealkylation sites (tertiary alicyclic amines) is 1. The van der Waals surface area contributed by atoms with Gasteiger partial charge in [-0.05, 0) is 52.2 Å². The molecule has 0 spiro atoms. The topological polar surface area (TPSA) is 87.2 Å². The largest absolute Gasteiger partial charge is 0.452 e. The fourth-order valence-corrected chi connectivity index (χ4v) is 5.17. The highest BCUT2D eigenvalue weighted by Crippen LogP contribution is 2.45. The molecule has 2 saturated heterocycles. The Morgan fingerprint density at radius 3 is 2.65 bits per heavy atom. The van der Waals surface area contributed by atoms with E-state index in [9.17, 15) is 19.2 Å². The van der Waals surface area contributed by atoms with Crippen LogP contribution in [0.4, 0.5) is 5.69 Å². The van der Waals surface area contributed by atoms with Crippen LogP contribution in [0.2, 0.25) is 0 Å². The number of anilines is 1. The predicted molar refractivity (Wildman–Crippen MR) is 113 cm³/mol. The molecule has 3 aliphatic rings. The first-order valence-electron chi connectivity index (χ1n) is 11.0. The van der Waals surface area contributed by atoms with Gasteiger partial charge in [0.05, 0.1) is 11.3 Å². The Morgan fingerprint density at radius 2 is 1.94 bits per heavy atom. The lowest BCUT2D eigenvalue weighted by atomic mass is 9.95. The van der Waals surface area contributed by atoms with Crippen molar-refractivity contribution in [1.29, 1.82) is 0 Å². The molecule has 2 atom stereocenters. The number of para-hydroxylation sites is 1. The second-order valence-electron chi connectivity index (χ2n) is 8.84. The maximum absolute atomic E-state index is 13.5. The van der Waals surface area contributed by atoms with Gasteiger partial charge < -0.3 is 14.5 Å². The standard InChI is InChI=1S/C23H29N3O5/c1-15(2)25-21(29)17-9-4-5-10-18(17)26-19(27)11-12-23(25,26)22(30)31-14-20(28)24-13-7-6-8-16(24)3/h4-5,9-10,15-16H,6-8,11-14H2,1-3H3/t16-,23+/m1/s1. The minimum atomic E-state index is -1.56. The number of benzene rings is 1. The van der Waals surface area contributed by atoms with Crippen molar-refractivity contribution in [3.63, 3.8) is 0 Å². The molecule has 2 fully saturated rings. The van der Waals surface area contributed by atoms with Gasteiger partial charge in [0.15, 0.2) is 6.61 Å². The minimum Gasteiger partial charge on any atom is -0.452 e. The summed E-state index contributed by atoms with van der Waals surface area (Å²) in [7, 11) is 0. The molecular weight excluding hydrogens is 398 g/mol. The number of esters is 1. The number of carbonyl (C=O) groups is 4. The third kappa shape index (κ3) is 3.28. The molecule has 31 heavy (non-hydrogen) atoms. The Kier molecular flexibility index (Phi) is 5.49. The average molecular weight is 428 g/mol. The first kappa shape index (κ1) is 21.3. The van der Waals surface area contributed by atoms with Crippen LogP contribution in [-0.4, -0.2) is 64.4 Å². The van der Waals surface area contributed by atoms with Crippen molar-refractivity contribution < 1.29 is 23.9 Å². The summed E-state index contributed by atoms with van der Waals surface area (Å²) in [5, 5.41) is 0. The highest BCUT2D eigenvalue weighted by atomic mass is 16.5. The number of rotatable bonds is 4. The van der Waals surface area contributed by atoms with Crippen LogP contribution in [0.25, 0.3) is 0 Å². The van der Waals surface area contributed by atoms with Crippen molar-refractivity contribution in [1.82, 2.24) is 9.80 Å². The summed E-state index contributed by atoms with van der Waals surface area (Å²) in [5.41, 5.74) is -0.766. The third-order valence-corrected chi connectivity index (χ3v) is 6.59. The molecule has 0 saturated carbocycles.